The molecule has 0 aliphatic carbocycles. The standard InChI is InChI=1S/C24H29NO5/c1-24(2,3)30-22(27)14-13-21(26)25-15-16-29-23(28)17-18-9-11-20(12-10-18)19-7-5-4-6-8-19/h4-12H,13-17H2,1-3H3,(H,25,26). The minimum atomic E-state index is -0.566. The molecule has 0 fully saturated rings. The lowest BCUT2D eigenvalue weighted by molar-refractivity contribution is -0.155. The van der Waals surface area contributed by atoms with Gasteiger partial charge in [-0.15, -0.1) is 0 Å². The Morgan fingerprint density at radius 3 is 2.10 bits per heavy atom. The van der Waals surface area contributed by atoms with Crippen LogP contribution in [0, 0.1) is 0 Å². The summed E-state index contributed by atoms with van der Waals surface area (Å²) in [6.07, 6.45) is 0.222. The summed E-state index contributed by atoms with van der Waals surface area (Å²) < 4.78 is 10.3. The molecule has 0 aliphatic heterocycles. The van der Waals surface area contributed by atoms with Gasteiger partial charge in [0, 0.05) is 6.42 Å². The third-order valence-electron chi connectivity index (χ3n) is 4.07. The average Bonchev–Trinajstić information content (AvgIpc) is 2.70. The number of ether oxygens (including phenoxy) is 2. The fourth-order valence-corrected chi connectivity index (χ4v) is 2.72. The molecule has 0 unspecified atom stereocenters. The minimum Gasteiger partial charge on any atom is -0.464 e. The van der Waals surface area contributed by atoms with Gasteiger partial charge < -0.3 is 14.8 Å². The van der Waals surface area contributed by atoms with E-state index >= 15 is 0 Å². The quantitative estimate of drug-likeness (QED) is 0.503. The normalized spacial score (nSPS) is 10.9. The van der Waals surface area contributed by atoms with Crippen molar-refractivity contribution in [2.24, 2.45) is 0 Å². The third kappa shape index (κ3) is 8.90. The molecule has 0 atom stereocenters. The molecule has 0 saturated carbocycles. The summed E-state index contributed by atoms with van der Waals surface area (Å²) in [5.41, 5.74) is 2.50. The molecule has 30 heavy (non-hydrogen) atoms. The zero-order valence-electron chi connectivity index (χ0n) is 17.8. The van der Waals surface area contributed by atoms with Gasteiger partial charge >= 0.3 is 11.9 Å². The number of nitrogens with one attached hydrogen (secondary N) is 1. The summed E-state index contributed by atoms with van der Waals surface area (Å²) in [7, 11) is 0. The smallest absolute Gasteiger partial charge is 0.310 e. The van der Waals surface area contributed by atoms with Crippen molar-refractivity contribution in [1.29, 1.82) is 0 Å². The first-order chi connectivity index (χ1) is 14.2. The van der Waals surface area contributed by atoms with Gasteiger partial charge in [0.25, 0.3) is 0 Å². The Morgan fingerprint density at radius 1 is 0.833 bits per heavy atom. The van der Waals surface area contributed by atoms with Crippen molar-refractivity contribution in [2.45, 2.75) is 45.6 Å². The first kappa shape index (κ1) is 23.1. The van der Waals surface area contributed by atoms with E-state index in [9.17, 15) is 14.4 Å². The van der Waals surface area contributed by atoms with Crippen molar-refractivity contribution in [3.05, 3.63) is 60.2 Å². The van der Waals surface area contributed by atoms with Gasteiger partial charge in [0.15, 0.2) is 0 Å². The Bertz CT molecular complexity index is 838. The highest BCUT2D eigenvalue weighted by Crippen LogP contribution is 2.19. The van der Waals surface area contributed by atoms with E-state index in [1.807, 2.05) is 54.6 Å². The highest BCUT2D eigenvalue weighted by atomic mass is 16.6. The first-order valence-electron chi connectivity index (χ1n) is 10.0. The van der Waals surface area contributed by atoms with Crippen LogP contribution in [0.5, 0.6) is 0 Å². The van der Waals surface area contributed by atoms with Crippen LogP contribution in [0.4, 0.5) is 0 Å². The molecule has 1 amide bonds. The number of carbonyl (C=O) groups excluding carboxylic acids is 3. The topological polar surface area (TPSA) is 81.7 Å². The van der Waals surface area contributed by atoms with Crippen molar-refractivity contribution in [2.75, 3.05) is 13.2 Å². The zero-order valence-corrected chi connectivity index (χ0v) is 17.8. The highest BCUT2D eigenvalue weighted by Gasteiger charge is 2.17. The van der Waals surface area contributed by atoms with E-state index in [1.165, 1.54) is 0 Å². The van der Waals surface area contributed by atoms with Gasteiger partial charge in [-0.05, 0) is 37.5 Å². The minimum absolute atomic E-state index is 0.0157. The number of benzene rings is 2. The Balaban J connectivity index is 1.63. The van der Waals surface area contributed by atoms with Crippen LogP contribution in [-0.2, 0) is 30.3 Å². The van der Waals surface area contributed by atoms with Gasteiger partial charge in [-0.3, -0.25) is 14.4 Å². The second-order valence-electron chi connectivity index (χ2n) is 7.90. The van der Waals surface area contributed by atoms with E-state index in [-0.39, 0.29) is 44.3 Å². The monoisotopic (exact) mass is 411 g/mol. The maximum atomic E-state index is 12.0. The molecule has 0 spiro atoms. The number of amides is 1. The van der Waals surface area contributed by atoms with E-state index in [4.69, 9.17) is 9.47 Å². The Hall–Kier alpha value is -3.15. The maximum absolute atomic E-state index is 12.0. The lowest BCUT2D eigenvalue weighted by Crippen LogP contribution is -2.29. The van der Waals surface area contributed by atoms with E-state index in [0.29, 0.717) is 0 Å². The Morgan fingerprint density at radius 2 is 1.47 bits per heavy atom. The molecule has 2 aromatic rings. The fourth-order valence-electron chi connectivity index (χ4n) is 2.72. The van der Waals surface area contributed by atoms with Crippen LogP contribution in [0.3, 0.4) is 0 Å². The Labute approximate surface area is 177 Å². The molecule has 6 nitrogen and oxygen atoms in total. The van der Waals surface area contributed by atoms with Crippen molar-refractivity contribution < 1.29 is 23.9 Å². The first-order valence-corrected chi connectivity index (χ1v) is 10.0. The number of carbonyl (C=O) groups is 3. The van der Waals surface area contributed by atoms with Crippen molar-refractivity contribution in [3.63, 3.8) is 0 Å². The molecule has 0 aromatic heterocycles. The lowest BCUT2D eigenvalue weighted by Gasteiger charge is -2.19. The molecule has 2 rings (SSSR count). The number of rotatable bonds is 9. The summed E-state index contributed by atoms with van der Waals surface area (Å²) in [6.45, 7) is 5.61. The van der Waals surface area contributed by atoms with Crippen LogP contribution >= 0.6 is 0 Å². The summed E-state index contributed by atoms with van der Waals surface area (Å²) >= 11 is 0. The Kier molecular flexibility index (Phi) is 8.59. The lowest BCUT2D eigenvalue weighted by atomic mass is 10.0. The van der Waals surface area contributed by atoms with E-state index in [0.717, 1.165) is 16.7 Å². The van der Waals surface area contributed by atoms with Crippen LogP contribution < -0.4 is 5.32 Å². The van der Waals surface area contributed by atoms with E-state index in [2.05, 4.69) is 5.32 Å². The van der Waals surface area contributed by atoms with Gasteiger partial charge in [-0.1, -0.05) is 54.6 Å². The summed E-state index contributed by atoms with van der Waals surface area (Å²) in [5.74, 6) is -1.05. The number of hydrogen-bond acceptors (Lipinski definition) is 5. The highest BCUT2D eigenvalue weighted by molar-refractivity contribution is 5.81. The molecule has 6 heteroatoms. The molecule has 0 aliphatic rings. The molecule has 0 saturated heterocycles. The average molecular weight is 411 g/mol. The van der Waals surface area contributed by atoms with Crippen molar-refractivity contribution in [3.8, 4) is 11.1 Å². The number of hydrogen-bond donors (Lipinski definition) is 1. The molecule has 0 heterocycles. The van der Waals surface area contributed by atoms with Crippen molar-refractivity contribution >= 4 is 17.8 Å². The molecular weight excluding hydrogens is 382 g/mol. The van der Waals surface area contributed by atoms with E-state index in [1.54, 1.807) is 20.8 Å². The van der Waals surface area contributed by atoms with Gasteiger partial charge in [0.1, 0.15) is 12.2 Å². The van der Waals surface area contributed by atoms with Gasteiger partial charge in [-0.2, -0.15) is 0 Å². The molecule has 2 aromatic carbocycles. The maximum Gasteiger partial charge on any atom is 0.310 e. The van der Waals surface area contributed by atoms with Gasteiger partial charge in [0.2, 0.25) is 5.91 Å². The fraction of sp³-hybridized carbons (Fsp3) is 0.375. The molecule has 1 N–H and O–H groups in total. The van der Waals surface area contributed by atoms with Crippen LogP contribution in [0.25, 0.3) is 11.1 Å². The zero-order chi connectivity index (χ0) is 22.0. The van der Waals surface area contributed by atoms with Crippen LogP contribution in [0.1, 0.15) is 39.2 Å². The second kappa shape index (κ2) is 11.1. The second-order valence-corrected chi connectivity index (χ2v) is 7.90. The number of esters is 2. The van der Waals surface area contributed by atoms with Crippen LogP contribution in [0.2, 0.25) is 0 Å². The van der Waals surface area contributed by atoms with Crippen molar-refractivity contribution in [1.82, 2.24) is 5.32 Å². The van der Waals surface area contributed by atoms with E-state index < -0.39 is 11.6 Å². The van der Waals surface area contributed by atoms with Crippen LogP contribution in [-0.4, -0.2) is 36.6 Å². The molecule has 0 bridgehead atoms. The SMILES string of the molecule is CC(C)(C)OC(=O)CCC(=O)NCCOC(=O)Cc1ccc(-c2ccccc2)cc1. The van der Waals surface area contributed by atoms with Crippen LogP contribution in [0.15, 0.2) is 54.6 Å². The van der Waals surface area contributed by atoms with Gasteiger partial charge in [-0.25, -0.2) is 0 Å². The summed E-state index contributed by atoms with van der Waals surface area (Å²) in [6, 6.07) is 17.8. The predicted octanol–water partition coefficient (Wildman–Crippen LogP) is 3.68. The largest absolute Gasteiger partial charge is 0.464 e. The molecule has 160 valence electrons. The molecule has 0 radical (unpaired) electrons. The summed E-state index contributed by atoms with van der Waals surface area (Å²) in [5, 5.41) is 2.62. The van der Waals surface area contributed by atoms with Gasteiger partial charge in [0.05, 0.1) is 19.4 Å². The third-order valence-corrected chi connectivity index (χ3v) is 4.07. The predicted molar refractivity (Wildman–Crippen MR) is 115 cm³/mol. The summed E-state index contributed by atoms with van der Waals surface area (Å²) in [4.78, 5) is 35.3. The molecular formula is C24H29NO5.